The third-order valence-corrected chi connectivity index (χ3v) is 6.26. The predicted octanol–water partition coefficient (Wildman–Crippen LogP) is 6.45. The Balaban J connectivity index is 1.60. The molecule has 4 aromatic rings. The number of nitrogen functional groups attached to an aromatic ring is 1. The zero-order valence-corrected chi connectivity index (χ0v) is 19.8. The van der Waals surface area contributed by atoms with Gasteiger partial charge in [0, 0.05) is 11.1 Å². The Morgan fingerprint density at radius 2 is 1.78 bits per heavy atom. The maximum absolute atomic E-state index is 13.2. The Labute approximate surface area is 212 Å². The first-order valence-corrected chi connectivity index (χ1v) is 11.8. The summed E-state index contributed by atoms with van der Waals surface area (Å²) in [5, 5.41) is 10.2. The molecule has 0 radical (unpaired) electrons. The van der Waals surface area contributed by atoms with Crippen molar-refractivity contribution in [3.05, 3.63) is 113 Å². The number of carbonyl (C=O) groups excluding carboxylic acids is 1. The second-order valence-electron chi connectivity index (χ2n) is 7.64. The van der Waals surface area contributed by atoms with Crippen LogP contribution in [-0.2, 0) is 6.61 Å². The topological polar surface area (TPSA) is 93.4 Å². The Bertz CT molecular complexity index is 1480. The van der Waals surface area contributed by atoms with Gasteiger partial charge in [0.1, 0.15) is 35.1 Å². The van der Waals surface area contributed by atoms with Gasteiger partial charge < -0.3 is 10.5 Å². The number of nitrogens with two attached hydrogens (primary N) is 1. The Hall–Kier alpha value is -4.66. The van der Waals surface area contributed by atoms with Gasteiger partial charge in [-0.1, -0.05) is 54.2 Å². The largest absolute Gasteiger partial charge is 0.489 e. The minimum Gasteiger partial charge on any atom is -0.489 e. The van der Waals surface area contributed by atoms with Crippen LogP contribution in [0.2, 0.25) is 0 Å². The van der Waals surface area contributed by atoms with Crippen molar-refractivity contribution in [2.45, 2.75) is 11.6 Å². The third kappa shape index (κ3) is 5.52. The van der Waals surface area contributed by atoms with Crippen molar-refractivity contribution in [3.63, 3.8) is 0 Å². The molecule has 176 valence electrons. The summed E-state index contributed by atoms with van der Waals surface area (Å²) >= 11 is 1.05. The number of nitrogens with zero attached hydrogens (tertiary/aromatic N) is 3. The minimum atomic E-state index is -0.434. The maximum atomic E-state index is 13.2. The van der Waals surface area contributed by atoms with E-state index in [9.17, 15) is 14.4 Å². The molecule has 6 nitrogen and oxygen atoms in total. The van der Waals surface area contributed by atoms with Crippen LogP contribution in [0.3, 0.4) is 0 Å². The summed E-state index contributed by atoms with van der Waals surface area (Å²) in [6.07, 6.45) is 0. The molecular formula is C28H19FN4O2S. The van der Waals surface area contributed by atoms with Crippen molar-refractivity contribution < 1.29 is 13.9 Å². The number of anilines is 1. The molecule has 0 bridgehead atoms. The molecule has 4 rings (SSSR count). The fraction of sp³-hybridized carbons (Fsp3) is 0.0714. The molecule has 0 aliphatic carbocycles. The number of ether oxygens (including phenoxy) is 1. The van der Waals surface area contributed by atoms with Crippen LogP contribution in [0.25, 0.3) is 16.0 Å². The molecule has 0 spiro atoms. The van der Waals surface area contributed by atoms with Gasteiger partial charge in [-0.3, -0.25) is 4.79 Å². The summed E-state index contributed by atoms with van der Waals surface area (Å²) in [5.41, 5.74) is 8.63. The number of carbonyl (C=O) groups is 1. The van der Waals surface area contributed by atoms with Crippen LogP contribution in [0.5, 0.6) is 5.75 Å². The lowest BCUT2D eigenvalue weighted by Gasteiger charge is -2.14. The second kappa shape index (κ2) is 11.2. The molecule has 0 fully saturated rings. The lowest BCUT2D eigenvalue weighted by molar-refractivity contribution is 0.102. The number of Topliss-reactive ketones (excluding diaryl/α,β-unsaturated/α-hetero) is 1. The molecule has 0 amide bonds. The van der Waals surface area contributed by atoms with Crippen molar-refractivity contribution >= 4 is 29.1 Å². The summed E-state index contributed by atoms with van der Waals surface area (Å²) < 4.78 is 19.0. The predicted molar refractivity (Wildman–Crippen MR) is 137 cm³/mol. The van der Waals surface area contributed by atoms with Crippen LogP contribution >= 0.6 is 11.8 Å². The van der Waals surface area contributed by atoms with Crippen LogP contribution in [0.15, 0.2) is 83.9 Å². The van der Waals surface area contributed by atoms with Crippen molar-refractivity contribution in [2.75, 3.05) is 11.5 Å². The van der Waals surface area contributed by atoms with Crippen LogP contribution in [0.4, 0.5) is 15.9 Å². The van der Waals surface area contributed by atoms with Gasteiger partial charge in [-0.25, -0.2) is 14.2 Å². The third-order valence-electron chi connectivity index (χ3n) is 5.29. The number of aromatic nitrogens is 1. The monoisotopic (exact) mass is 494 g/mol. The summed E-state index contributed by atoms with van der Waals surface area (Å²) in [7, 11) is 0. The fourth-order valence-electron chi connectivity index (χ4n) is 3.49. The Morgan fingerprint density at radius 3 is 2.42 bits per heavy atom. The molecule has 3 aromatic carbocycles. The SMILES string of the molecule is [C-]#[N+]c1c(N)nc(SCC(=O)c2ccc(F)cc2)c(C#N)c1-c1ccc(OCc2ccccc2)cc1. The lowest BCUT2D eigenvalue weighted by atomic mass is 10.00. The molecule has 0 unspecified atom stereocenters. The summed E-state index contributed by atoms with van der Waals surface area (Å²) in [6.45, 7) is 8.00. The van der Waals surface area contributed by atoms with Gasteiger partial charge in [0.15, 0.2) is 5.78 Å². The molecule has 36 heavy (non-hydrogen) atoms. The van der Waals surface area contributed by atoms with E-state index in [0.29, 0.717) is 29.0 Å². The normalized spacial score (nSPS) is 10.3. The lowest BCUT2D eigenvalue weighted by Crippen LogP contribution is -2.05. The highest BCUT2D eigenvalue weighted by Crippen LogP contribution is 2.41. The Morgan fingerprint density at radius 1 is 1.08 bits per heavy atom. The smallest absolute Gasteiger partial charge is 0.236 e. The van der Waals surface area contributed by atoms with E-state index in [2.05, 4.69) is 15.9 Å². The van der Waals surface area contributed by atoms with E-state index in [-0.39, 0.29) is 33.6 Å². The van der Waals surface area contributed by atoms with Crippen molar-refractivity contribution in [1.82, 2.24) is 4.98 Å². The number of ketones is 1. The quantitative estimate of drug-likeness (QED) is 0.172. The van der Waals surface area contributed by atoms with Crippen LogP contribution in [0, 0.1) is 23.7 Å². The second-order valence-corrected chi connectivity index (χ2v) is 8.61. The first-order valence-electron chi connectivity index (χ1n) is 10.8. The molecule has 0 saturated heterocycles. The number of nitriles is 1. The molecule has 2 N–H and O–H groups in total. The van der Waals surface area contributed by atoms with E-state index in [0.717, 1.165) is 17.3 Å². The van der Waals surface area contributed by atoms with Crippen LogP contribution in [-0.4, -0.2) is 16.5 Å². The van der Waals surface area contributed by atoms with Gasteiger partial charge >= 0.3 is 0 Å². The highest BCUT2D eigenvalue weighted by atomic mass is 32.2. The van der Waals surface area contributed by atoms with E-state index >= 15 is 0 Å². The first kappa shape index (κ1) is 24.5. The van der Waals surface area contributed by atoms with Gasteiger partial charge in [0.2, 0.25) is 5.69 Å². The zero-order valence-electron chi connectivity index (χ0n) is 18.9. The number of thioether (sulfide) groups is 1. The number of hydrogen-bond donors (Lipinski definition) is 1. The molecule has 1 aromatic heterocycles. The summed E-state index contributed by atoms with van der Waals surface area (Å²) in [6, 6.07) is 24.1. The van der Waals surface area contributed by atoms with Crippen LogP contribution in [0.1, 0.15) is 21.5 Å². The highest BCUT2D eigenvalue weighted by Gasteiger charge is 2.21. The maximum Gasteiger partial charge on any atom is 0.236 e. The van der Waals surface area contributed by atoms with E-state index in [4.69, 9.17) is 17.0 Å². The van der Waals surface area contributed by atoms with E-state index in [1.54, 1.807) is 24.3 Å². The van der Waals surface area contributed by atoms with Crippen molar-refractivity contribution in [1.29, 1.82) is 5.26 Å². The average Bonchev–Trinajstić information content (AvgIpc) is 2.91. The number of pyridine rings is 1. The zero-order chi connectivity index (χ0) is 25.5. The molecule has 1 heterocycles. The van der Waals surface area contributed by atoms with Crippen LogP contribution < -0.4 is 10.5 Å². The number of hydrogen-bond acceptors (Lipinski definition) is 6. The molecule has 0 saturated carbocycles. The molecule has 0 aliphatic rings. The fourth-order valence-corrected chi connectivity index (χ4v) is 4.38. The summed E-state index contributed by atoms with van der Waals surface area (Å²) in [5.74, 6) is -0.112. The molecule has 0 atom stereocenters. The van der Waals surface area contributed by atoms with E-state index in [1.807, 2.05) is 30.3 Å². The standard InChI is InChI=1S/C28H19FN4O2S/c1-32-26-25(20-9-13-22(14-10-20)35-16-18-5-3-2-4-6-18)23(15-30)28(33-27(26)31)36-17-24(34)19-7-11-21(29)12-8-19/h2-14H,16-17H2,(H2,31,33). The highest BCUT2D eigenvalue weighted by molar-refractivity contribution is 8.00. The van der Waals surface area contributed by atoms with E-state index < -0.39 is 5.82 Å². The molecular weight excluding hydrogens is 475 g/mol. The van der Waals surface area contributed by atoms with E-state index in [1.165, 1.54) is 24.3 Å². The van der Waals surface area contributed by atoms with Crippen molar-refractivity contribution in [2.24, 2.45) is 0 Å². The van der Waals surface area contributed by atoms with Gasteiger partial charge in [0.25, 0.3) is 0 Å². The number of benzene rings is 3. The number of halogens is 1. The average molecular weight is 495 g/mol. The number of rotatable bonds is 8. The Kier molecular flexibility index (Phi) is 7.60. The molecule has 8 heteroatoms. The van der Waals surface area contributed by atoms with Gasteiger partial charge in [-0.2, -0.15) is 5.26 Å². The van der Waals surface area contributed by atoms with Gasteiger partial charge in [-0.05, 0) is 47.5 Å². The van der Waals surface area contributed by atoms with Gasteiger partial charge in [-0.15, -0.1) is 0 Å². The summed E-state index contributed by atoms with van der Waals surface area (Å²) in [4.78, 5) is 20.3. The van der Waals surface area contributed by atoms with Crippen molar-refractivity contribution in [3.8, 4) is 22.9 Å². The molecule has 0 aliphatic heterocycles. The first-order chi connectivity index (χ1) is 17.5. The van der Waals surface area contributed by atoms with Gasteiger partial charge in [0.05, 0.1) is 17.9 Å². The minimum absolute atomic E-state index is 0.0277.